The van der Waals surface area contributed by atoms with Gasteiger partial charge in [-0.25, -0.2) is 13.1 Å². The van der Waals surface area contributed by atoms with Crippen molar-refractivity contribution < 1.29 is 26.3 Å². The molecule has 0 aliphatic carbocycles. The van der Waals surface area contributed by atoms with E-state index in [9.17, 15) is 21.6 Å². The van der Waals surface area contributed by atoms with Gasteiger partial charge in [0, 0.05) is 11.4 Å². The fourth-order valence-electron chi connectivity index (χ4n) is 1.48. The molecule has 0 aliphatic heterocycles. The minimum absolute atomic E-state index is 0.126. The molecule has 0 radical (unpaired) electrons. The van der Waals surface area contributed by atoms with E-state index in [0.717, 1.165) is 29.1 Å². The van der Waals surface area contributed by atoms with E-state index in [0.29, 0.717) is 0 Å². The van der Waals surface area contributed by atoms with Crippen molar-refractivity contribution in [3.05, 3.63) is 46.7 Å². The van der Waals surface area contributed by atoms with Crippen LogP contribution >= 0.6 is 11.3 Å². The van der Waals surface area contributed by atoms with Crippen LogP contribution in [0.3, 0.4) is 0 Å². The van der Waals surface area contributed by atoms with Gasteiger partial charge in [-0.3, -0.25) is 0 Å². The largest absolute Gasteiger partial charge is 0.573 e. The number of benzene rings is 1. The molecule has 1 N–H and O–H groups in total. The predicted octanol–water partition coefficient (Wildman–Crippen LogP) is 3.13. The molecule has 0 fully saturated rings. The van der Waals surface area contributed by atoms with Crippen molar-refractivity contribution in [2.75, 3.05) is 0 Å². The topological polar surface area (TPSA) is 55.4 Å². The van der Waals surface area contributed by atoms with Crippen LogP contribution in [0.2, 0.25) is 0 Å². The maximum atomic E-state index is 12.0. The smallest absolute Gasteiger partial charge is 0.406 e. The molecule has 21 heavy (non-hydrogen) atoms. The highest BCUT2D eigenvalue weighted by Crippen LogP contribution is 2.24. The van der Waals surface area contributed by atoms with Gasteiger partial charge in [-0.15, -0.1) is 24.5 Å². The third-order valence-corrected chi connectivity index (χ3v) is 4.68. The molecule has 1 aromatic heterocycles. The van der Waals surface area contributed by atoms with E-state index in [1.165, 1.54) is 11.3 Å². The maximum Gasteiger partial charge on any atom is 0.573 e. The molecule has 1 heterocycles. The Balaban J connectivity index is 2.06. The standard InChI is InChI=1S/C12H10F3NO3S2/c13-12(14,15)19-9-3-5-11(6-4-9)21(17,18)16-8-10-2-1-7-20-10/h1-7,16H,8H2. The highest BCUT2D eigenvalue weighted by molar-refractivity contribution is 7.89. The second-order valence-corrected chi connectivity index (χ2v) is 6.72. The van der Waals surface area contributed by atoms with Crippen LogP contribution in [0, 0.1) is 0 Å². The van der Waals surface area contributed by atoms with Gasteiger partial charge in [-0.2, -0.15) is 0 Å². The summed E-state index contributed by atoms with van der Waals surface area (Å²) in [6.45, 7) is 0.126. The molecule has 0 bridgehead atoms. The van der Waals surface area contributed by atoms with Crippen LogP contribution in [-0.4, -0.2) is 14.8 Å². The number of thiophene rings is 1. The summed E-state index contributed by atoms with van der Waals surface area (Å²) in [5, 5.41) is 1.81. The number of ether oxygens (including phenoxy) is 1. The first-order valence-corrected chi connectivity index (χ1v) is 8.00. The van der Waals surface area contributed by atoms with Gasteiger partial charge >= 0.3 is 6.36 Å². The second-order valence-electron chi connectivity index (χ2n) is 3.92. The summed E-state index contributed by atoms with van der Waals surface area (Å²) in [5.74, 6) is -0.472. The van der Waals surface area contributed by atoms with Crippen molar-refractivity contribution in [3.8, 4) is 5.75 Å². The molecule has 0 aliphatic rings. The van der Waals surface area contributed by atoms with Crippen molar-refractivity contribution in [2.45, 2.75) is 17.8 Å². The Kier molecular flexibility index (Phi) is 4.55. The van der Waals surface area contributed by atoms with Gasteiger partial charge in [0.05, 0.1) is 4.90 Å². The molecule has 9 heteroatoms. The van der Waals surface area contributed by atoms with Gasteiger partial charge in [-0.1, -0.05) is 6.07 Å². The lowest BCUT2D eigenvalue weighted by molar-refractivity contribution is -0.274. The van der Waals surface area contributed by atoms with E-state index >= 15 is 0 Å². The first-order chi connectivity index (χ1) is 9.76. The Hall–Kier alpha value is -1.58. The number of sulfonamides is 1. The minimum atomic E-state index is -4.81. The van der Waals surface area contributed by atoms with Gasteiger partial charge in [0.25, 0.3) is 0 Å². The van der Waals surface area contributed by atoms with Crippen molar-refractivity contribution in [3.63, 3.8) is 0 Å². The van der Waals surface area contributed by atoms with Crippen LogP contribution in [0.5, 0.6) is 5.75 Å². The number of rotatable bonds is 5. The molecule has 0 saturated heterocycles. The molecule has 114 valence electrons. The van der Waals surface area contributed by atoms with Crippen LogP contribution in [0.1, 0.15) is 4.88 Å². The van der Waals surface area contributed by atoms with Crippen LogP contribution in [-0.2, 0) is 16.6 Å². The Morgan fingerprint density at radius 3 is 2.33 bits per heavy atom. The molecular formula is C12H10F3NO3S2. The summed E-state index contributed by atoms with van der Waals surface area (Å²) in [6.07, 6.45) is -4.81. The Morgan fingerprint density at radius 2 is 1.81 bits per heavy atom. The molecular weight excluding hydrogens is 327 g/mol. The number of nitrogens with one attached hydrogen (secondary N) is 1. The Bertz CT molecular complexity index is 680. The van der Waals surface area contributed by atoms with Crippen LogP contribution in [0.4, 0.5) is 13.2 Å². The minimum Gasteiger partial charge on any atom is -0.406 e. The lowest BCUT2D eigenvalue weighted by atomic mass is 10.3. The SMILES string of the molecule is O=S(=O)(NCc1cccs1)c1ccc(OC(F)(F)F)cc1. The quantitative estimate of drug-likeness (QED) is 0.912. The van der Waals surface area contributed by atoms with Crippen molar-refractivity contribution in [2.24, 2.45) is 0 Å². The third kappa shape index (κ3) is 4.73. The average molecular weight is 337 g/mol. The third-order valence-electron chi connectivity index (χ3n) is 2.38. The zero-order chi connectivity index (χ0) is 15.5. The molecule has 2 aromatic rings. The lowest BCUT2D eigenvalue weighted by Crippen LogP contribution is -2.23. The number of halogens is 3. The molecule has 0 unspecified atom stereocenters. The molecule has 0 atom stereocenters. The summed E-state index contributed by atoms with van der Waals surface area (Å²) >= 11 is 1.40. The average Bonchev–Trinajstić information content (AvgIpc) is 2.88. The monoisotopic (exact) mass is 337 g/mol. The first kappa shape index (κ1) is 15.8. The second kappa shape index (κ2) is 6.04. The summed E-state index contributed by atoms with van der Waals surface area (Å²) in [4.78, 5) is 0.698. The highest BCUT2D eigenvalue weighted by Gasteiger charge is 2.31. The highest BCUT2D eigenvalue weighted by atomic mass is 32.2. The van der Waals surface area contributed by atoms with Gasteiger partial charge in [0.1, 0.15) is 5.75 Å². The van der Waals surface area contributed by atoms with Crippen LogP contribution in [0.25, 0.3) is 0 Å². The zero-order valence-corrected chi connectivity index (χ0v) is 12.1. The number of hydrogen-bond donors (Lipinski definition) is 1. The van der Waals surface area contributed by atoms with Crippen molar-refractivity contribution in [1.82, 2.24) is 4.72 Å². The van der Waals surface area contributed by atoms with Gasteiger partial charge in [0.2, 0.25) is 10.0 Å². The predicted molar refractivity (Wildman–Crippen MR) is 71.5 cm³/mol. The Morgan fingerprint density at radius 1 is 1.14 bits per heavy atom. The van der Waals surface area contributed by atoms with Gasteiger partial charge < -0.3 is 4.74 Å². The van der Waals surface area contributed by atoms with E-state index in [1.807, 2.05) is 5.38 Å². The number of alkyl halides is 3. The zero-order valence-electron chi connectivity index (χ0n) is 10.4. The van der Waals surface area contributed by atoms with E-state index in [4.69, 9.17) is 0 Å². The van der Waals surface area contributed by atoms with Crippen LogP contribution in [0.15, 0.2) is 46.7 Å². The number of hydrogen-bond acceptors (Lipinski definition) is 4. The molecule has 0 spiro atoms. The Labute approximate surface area is 123 Å². The van der Waals surface area contributed by atoms with Crippen molar-refractivity contribution in [1.29, 1.82) is 0 Å². The van der Waals surface area contributed by atoms with Crippen LogP contribution < -0.4 is 9.46 Å². The van der Waals surface area contributed by atoms with E-state index in [-0.39, 0.29) is 11.4 Å². The van der Waals surface area contributed by atoms with Gasteiger partial charge in [0.15, 0.2) is 0 Å². The lowest BCUT2D eigenvalue weighted by Gasteiger charge is -2.10. The fourth-order valence-corrected chi connectivity index (χ4v) is 3.23. The normalized spacial score (nSPS) is 12.3. The summed E-state index contributed by atoms with van der Waals surface area (Å²) in [7, 11) is -3.78. The first-order valence-electron chi connectivity index (χ1n) is 5.64. The van der Waals surface area contributed by atoms with E-state index in [1.54, 1.807) is 12.1 Å². The molecule has 2 rings (SSSR count). The summed E-state index contributed by atoms with van der Waals surface area (Å²) in [6, 6.07) is 7.57. The molecule has 4 nitrogen and oxygen atoms in total. The molecule has 0 saturated carbocycles. The summed E-state index contributed by atoms with van der Waals surface area (Å²) in [5.41, 5.74) is 0. The summed E-state index contributed by atoms with van der Waals surface area (Å²) < 4.78 is 66.0. The van der Waals surface area contributed by atoms with Crippen molar-refractivity contribution >= 4 is 21.4 Å². The maximum absolute atomic E-state index is 12.0. The molecule has 0 amide bonds. The van der Waals surface area contributed by atoms with Gasteiger partial charge in [-0.05, 0) is 35.7 Å². The van der Waals surface area contributed by atoms with E-state index in [2.05, 4.69) is 9.46 Å². The molecule has 1 aromatic carbocycles. The fraction of sp³-hybridized carbons (Fsp3) is 0.167. The van der Waals surface area contributed by atoms with E-state index < -0.39 is 22.1 Å².